The summed E-state index contributed by atoms with van der Waals surface area (Å²) in [7, 11) is 1.44. The fraction of sp³-hybridized carbons (Fsp3) is 0.417. The molecule has 0 aliphatic heterocycles. The van der Waals surface area contributed by atoms with Gasteiger partial charge in [0.25, 0.3) is 0 Å². The van der Waals surface area contributed by atoms with Crippen LogP contribution in [0.5, 0.6) is 0 Å². The third-order valence-electron chi connectivity index (χ3n) is 2.79. The zero-order valence-electron chi connectivity index (χ0n) is 11.0. The van der Waals surface area contributed by atoms with Crippen LogP contribution in [-0.4, -0.2) is 30.4 Å². The first-order chi connectivity index (χ1) is 9.22. The maximum atomic E-state index is 13.4. The number of likely N-dealkylation sites (N-methyl/N-ethyl adjacent to an activating group) is 1. The number of benzene rings is 1. The Morgan fingerprint density at radius 1 is 1.05 bits per heavy atom. The Morgan fingerprint density at radius 2 is 1.45 bits per heavy atom. The molecule has 1 unspecified atom stereocenters. The maximum Gasteiger partial charge on any atom is 0.244 e. The van der Waals surface area contributed by atoms with Crippen LogP contribution in [0.2, 0.25) is 0 Å². The molecule has 0 bridgehead atoms. The number of nitrogens with zero attached hydrogens (tertiary/aromatic N) is 1. The number of carbonyl (C=O) groups excluding carboxylic acids is 1. The first-order valence-electron chi connectivity index (χ1n) is 5.75. The van der Waals surface area contributed by atoms with E-state index in [0.717, 1.165) is 0 Å². The van der Waals surface area contributed by atoms with Gasteiger partial charge in [-0.1, -0.05) is 0 Å². The average molecular weight is 296 g/mol. The number of amides is 1. The van der Waals surface area contributed by atoms with Gasteiger partial charge in [0.1, 0.15) is 11.7 Å². The Morgan fingerprint density at radius 3 is 1.85 bits per heavy atom. The number of anilines is 1. The number of halogens is 5. The van der Waals surface area contributed by atoms with Crippen molar-refractivity contribution in [2.75, 3.05) is 18.9 Å². The molecule has 112 valence electrons. The van der Waals surface area contributed by atoms with Gasteiger partial charge in [-0.25, -0.2) is 22.0 Å². The van der Waals surface area contributed by atoms with Crippen LogP contribution >= 0.6 is 0 Å². The standard InChI is InChI=1S/C12H13F5N2O/c1-4-19(3)12(20)5(2)18-11-9(16)7(14)6(13)8(15)10(11)17/h5,18H,4H2,1-3H3. The molecule has 0 saturated carbocycles. The third kappa shape index (κ3) is 2.83. The smallest absolute Gasteiger partial charge is 0.244 e. The van der Waals surface area contributed by atoms with Crippen LogP contribution in [0.25, 0.3) is 0 Å². The zero-order chi connectivity index (χ0) is 15.6. The van der Waals surface area contributed by atoms with Crippen molar-refractivity contribution in [3.8, 4) is 0 Å². The predicted molar refractivity (Wildman–Crippen MR) is 62.6 cm³/mol. The van der Waals surface area contributed by atoms with Gasteiger partial charge < -0.3 is 10.2 Å². The molecule has 1 amide bonds. The molecule has 0 aliphatic rings. The van der Waals surface area contributed by atoms with Crippen molar-refractivity contribution in [3.63, 3.8) is 0 Å². The molecule has 0 fully saturated rings. The lowest BCUT2D eigenvalue weighted by Gasteiger charge is -2.22. The van der Waals surface area contributed by atoms with E-state index < -0.39 is 46.7 Å². The minimum absolute atomic E-state index is 0.335. The van der Waals surface area contributed by atoms with E-state index in [2.05, 4.69) is 0 Å². The summed E-state index contributed by atoms with van der Waals surface area (Å²) in [4.78, 5) is 12.9. The van der Waals surface area contributed by atoms with E-state index in [0.29, 0.717) is 6.54 Å². The molecule has 1 atom stereocenters. The molecule has 0 saturated heterocycles. The molecular formula is C12H13F5N2O. The lowest BCUT2D eigenvalue weighted by molar-refractivity contribution is -0.130. The predicted octanol–water partition coefficient (Wildman–Crippen LogP) is 2.66. The molecule has 0 heterocycles. The monoisotopic (exact) mass is 296 g/mol. The Kier molecular flexibility index (Phi) is 4.91. The van der Waals surface area contributed by atoms with Crippen molar-refractivity contribution >= 4 is 11.6 Å². The maximum absolute atomic E-state index is 13.4. The molecule has 1 aromatic carbocycles. The highest BCUT2D eigenvalue weighted by Crippen LogP contribution is 2.27. The van der Waals surface area contributed by atoms with Crippen molar-refractivity contribution in [3.05, 3.63) is 29.1 Å². The van der Waals surface area contributed by atoms with Crippen LogP contribution in [0, 0.1) is 29.1 Å². The second-order valence-corrected chi connectivity index (χ2v) is 4.16. The molecule has 0 spiro atoms. The van der Waals surface area contributed by atoms with Crippen LogP contribution in [0.3, 0.4) is 0 Å². The molecule has 1 aromatic rings. The zero-order valence-corrected chi connectivity index (χ0v) is 11.0. The SMILES string of the molecule is CCN(C)C(=O)C(C)Nc1c(F)c(F)c(F)c(F)c1F. The highest BCUT2D eigenvalue weighted by molar-refractivity contribution is 5.84. The van der Waals surface area contributed by atoms with Gasteiger partial charge in [-0.2, -0.15) is 0 Å². The molecular weight excluding hydrogens is 283 g/mol. The van der Waals surface area contributed by atoms with Crippen molar-refractivity contribution in [1.82, 2.24) is 4.90 Å². The second kappa shape index (κ2) is 6.06. The van der Waals surface area contributed by atoms with Crippen molar-refractivity contribution in [2.24, 2.45) is 0 Å². The summed E-state index contributed by atoms with van der Waals surface area (Å²) in [5.74, 6) is -10.9. The van der Waals surface area contributed by atoms with Gasteiger partial charge in [0.2, 0.25) is 11.7 Å². The number of nitrogens with one attached hydrogen (secondary N) is 1. The van der Waals surface area contributed by atoms with E-state index in [4.69, 9.17) is 0 Å². The van der Waals surface area contributed by atoms with Gasteiger partial charge in [-0.15, -0.1) is 0 Å². The Labute approximate surface area is 112 Å². The normalized spacial score (nSPS) is 12.2. The molecule has 1 rings (SSSR count). The quantitative estimate of drug-likeness (QED) is 0.526. The lowest BCUT2D eigenvalue weighted by atomic mass is 10.2. The number of rotatable bonds is 4. The van der Waals surface area contributed by atoms with Crippen LogP contribution in [0.4, 0.5) is 27.6 Å². The first-order valence-corrected chi connectivity index (χ1v) is 5.75. The van der Waals surface area contributed by atoms with Crippen LogP contribution in [0.15, 0.2) is 0 Å². The minimum Gasteiger partial charge on any atom is -0.369 e. The Hall–Kier alpha value is -1.86. The highest BCUT2D eigenvalue weighted by atomic mass is 19.2. The second-order valence-electron chi connectivity index (χ2n) is 4.16. The number of carbonyl (C=O) groups is 1. The molecule has 1 N–H and O–H groups in total. The van der Waals surface area contributed by atoms with E-state index >= 15 is 0 Å². The Balaban J connectivity index is 3.14. The summed E-state index contributed by atoms with van der Waals surface area (Å²) in [6, 6.07) is -1.15. The van der Waals surface area contributed by atoms with Crippen LogP contribution < -0.4 is 5.32 Å². The summed E-state index contributed by atoms with van der Waals surface area (Å²) >= 11 is 0. The van der Waals surface area contributed by atoms with E-state index in [-0.39, 0.29) is 0 Å². The van der Waals surface area contributed by atoms with Gasteiger partial charge in [-0.05, 0) is 13.8 Å². The van der Waals surface area contributed by atoms with Crippen molar-refractivity contribution < 1.29 is 26.7 Å². The van der Waals surface area contributed by atoms with Gasteiger partial charge in [-0.3, -0.25) is 4.79 Å². The first kappa shape index (κ1) is 16.2. The molecule has 8 heteroatoms. The van der Waals surface area contributed by atoms with Crippen LogP contribution in [0.1, 0.15) is 13.8 Å². The average Bonchev–Trinajstić information content (AvgIpc) is 2.45. The molecule has 20 heavy (non-hydrogen) atoms. The fourth-order valence-electron chi connectivity index (χ4n) is 1.50. The molecule has 0 aromatic heterocycles. The topological polar surface area (TPSA) is 32.3 Å². The van der Waals surface area contributed by atoms with E-state index in [1.165, 1.54) is 18.9 Å². The van der Waals surface area contributed by atoms with E-state index in [1.54, 1.807) is 6.92 Å². The lowest BCUT2D eigenvalue weighted by Crippen LogP contribution is -2.39. The molecule has 0 radical (unpaired) electrons. The molecule has 3 nitrogen and oxygen atoms in total. The van der Waals surface area contributed by atoms with Gasteiger partial charge in [0, 0.05) is 13.6 Å². The van der Waals surface area contributed by atoms with Crippen molar-refractivity contribution in [2.45, 2.75) is 19.9 Å². The van der Waals surface area contributed by atoms with Gasteiger partial charge in [0.05, 0.1) is 0 Å². The number of hydrogen-bond donors (Lipinski definition) is 1. The van der Waals surface area contributed by atoms with Gasteiger partial charge in [0.15, 0.2) is 23.3 Å². The summed E-state index contributed by atoms with van der Waals surface area (Å²) in [5, 5.41) is 2.01. The third-order valence-corrected chi connectivity index (χ3v) is 2.79. The van der Waals surface area contributed by atoms with Gasteiger partial charge >= 0.3 is 0 Å². The van der Waals surface area contributed by atoms with E-state index in [1.807, 2.05) is 5.32 Å². The van der Waals surface area contributed by atoms with Crippen molar-refractivity contribution in [1.29, 1.82) is 0 Å². The molecule has 0 aliphatic carbocycles. The summed E-state index contributed by atoms with van der Waals surface area (Å²) in [6.07, 6.45) is 0. The van der Waals surface area contributed by atoms with E-state index in [9.17, 15) is 26.7 Å². The highest BCUT2D eigenvalue weighted by Gasteiger charge is 2.28. The summed E-state index contributed by atoms with van der Waals surface area (Å²) in [6.45, 7) is 3.26. The largest absolute Gasteiger partial charge is 0.369 e. The van der Waals surface area contributed by atoms with Crippen LogP contribution in [-0.2, 0) is 4.79 Å². The minimum atomic E-state index is -2.24. The summed E-state index contributed by atoms with van der Waals surface area (Å²) in [5.41, 5.74) is -1.22. The number of hydrogen-bond acceptors (Lipinski definition) is 2. The summed E-state index contributed by atoms with van der Waals surface area (Å²) < 4.78 is 65.6. The Bertz CT molecular complexity index is 506. The fourth-order valence-corrected chi connectivity index (χ4v) is 1.50.